The summed E-state index contributed by atoms with van der Waals surface area (Å²) in [4.78, 5) is 12.1. The van der Waals surface area contributed by atoms with Gasteiger partial charge in [0, 0.05) is 11.0 Å². The van der Waals surface area contributed by atoms with Crippen molar-refractivity contribution in [2.24, 2.45) is 0 Å². The first-order valence-corrected chi connectivity index (χ1v) is 6.99. The van der Waals surface area contributed by atoms with Gasteiger partial charge < -0.3 is 10.4 Å². The second kappa shape index (κ2) is 5.89. The van der Waals surface area contributed by atoms with E-state index in [2.05, 4.69) is 21.2 Å². The van der Waals surface area contributed by atoms with Crippen molar-refractivity contribution in [1.82, 2.24) is 0 Å². The van der Waals surface area contributed by atoms with Crippen LogP contribution in [0.5, 0.6) is 5.75 Å². The van der Waals surface area contributed by atoms with E-state index in [1.165, 1.54) is 0 Å². The van der Waals surface area contributed by atoms with Crippen LogP contribution in [-0.4, -0.2) is 11.0 Å². The maximum Gasteiger partial charge on any atom is 0.259 e. The van der Waals surface area contributed by atoms with E-state index in [4.69, 9.17) is 0 Å². The van der Waals surface area contributed by atoms with E-state index in [1.807, 2.05) is 24.3 Å². The van der Waals surface area contributed by atoms with Crippen molar-refractivity contribution in [3.63, 3.8) is 0 Å². The van der Waals surface area contributed by atoms with Gasteiger partial charge in [0.25, 0.3) is 5.91 Å². The molecule has 2 rings (SSSR count). The number of phenols is 1. The number of carbonyl (C=O) groups excluding carboxylic acids is 1. The summed E-state index contributed by atoms with van der Waals surface area (Å²) in [7, 11) is 0. The monoisotopic (exact) mass is 319 g/mol. The maximum atomic E-state index is 12.1. The standard InChI is InChI=1S/C15H14BrNO2/c1-10-4-2-7-13(14(10)18)15(19)17-12-6-3-5-11(8-12)9-16/h2-8,18H,9H2,1H3,(H,17,19). The number of amides is 1. The summed E-state index contributed by atoms with van der Waals surface area (Å²) in [5.74, 6) is -0.287. The molecule has 0 saturated carbocycles. The second-order valence-electron chi connectivity index (χ2n) is 4.26. The van der Waals surface area contributed by atoms with Gasteiger partial charge in [0.05, 0.1) is 5.56 Å². The van der Waals surface area contributed by atoms with Crippen molar-refractivity contribution >= 4 is 27.5 Å². The molecule has 0 aromatic heterocycles. The van der Waals surface area contributed by atoms with Crippen LogP contribution < -0.4 is 5.32 Å². The number of hydrogen-bond donors (Lipinski definition) is 2. The highest BCUT2D eigenvalue weighted by Crippen LogP contribution is 2.23. The molecule has 2 aromatic carbocycles. The molecule has 0 aliphatic rings. The van der Waals surface area contributed by atoms with Crippen molar-refractivity contribution in [3.05, 3.63) is 59.2 Å². The summed E-state index contributed by atoms with van der Waals surface area (Å²) >= 11 is 3.37. The van der Waals surface area contributed by atoms with Gasteiger partial charge in [-0.3, -0.25) is 4.79 Å². The minimum atomic E-state index is -0.312. The molecule has 0 unspecified atom stereocenters. The average Bonchev–Trinajstić information content (AvgIpc) is 2.42. The fourth-order valence-corrected chi connectivity index (χ4v) is 2.12. The first kappa shape index (κ1) is 13.6. The highest BCUT2D eigenvalue weighted by molar-refractivity contribution is 9.08. The van der Waals surface area contributed by atoms with Gasteiger partial charge in [-0.05, 0) is 36.2 Å². The topological polar surface area (TPSA) is 49.3 Å². The first-order valence-electron chi connectivity index (χ1n) is 5.86. The van der Waals surface area contributed by atoms with Gasteiger partial charge in [0.2, 0.25) is 0 Å². The van der Waals surface area contributed by atoms with E-state index < -0.39 is 0 Å². The van der Waals surface area contributed by atoms with Crippen molar-refractivity contribution in [3.8, 4) is 5.75 Å². The molecule has 4 heteroatoms. The average molecular weight is 320 g/mol. The molecule has 0 aliphatic carbocycles. The van der Waals surface area contributed by atoms with Crippen molar-refractivity contribution in [2.75, 3.05) is 5.32 Å². The van der Waals surface area contributed by atoms with Crippen molar-refractivity contribution in [2.45, 2.75) is 12.3 Å². The van der Waals surface area contributed by atoms with E-state index in [-0.39, 0.29) is 17.2 Å². The Morgan fingerprint density at radius 2 is 2.00 bits per heavy atom. The first-order chi connectivity index (χ1) is 9.11. The molecule has 0 fully saturated rings. The molecule has 0 saturated heterocycles. The Labute approximate surface area is 120 Å². The van der Waals surface area contributed by atoms with E-state index in [0.717, 1.165) is 10.9 Å². The quantitative estimate of drug-likeness (QED) is 0.844. The lowest BCUT2D eigenvalue weighted by atomic mass is 10.1. The van der Waals surface area contributed by atoms with E-state index in [9.17, 15) is 9.90 Å². The minimum Gasteiger partial charge on any atom is -0.507 e. The van der Waals surface area contributed by atoms with Crippen LogP contribution in [-0.2, 0) is 5.33 Å². The van der Waals surface area contributed by atoms with Crippen LogP contribution in [0.2, 0.25) is 0 Å². The molecule has 2 aromatic rings. The summed E-state index contributed by atoms with van der Waals surface area (Å²) in [6, 6.07) is 12.7. The number of aromatic hydroxyl groups is 1. The predicted octanol–water partition coefficient (Wildman–Crippen LogP) is 3.85. The molecule has 19 heavy (non-hydrogen) atoms. The molecular weight excluding hydrogens is 306 g/mol. The minimum absolute atomic E-state index is 0.0247. The number of phenolic OH excluding ortho intramolecular Hbond substituents is 1. The molecule has 1 amide bonds. The molecule has 2 N–H and O–H groups in total. The second-order valence-corrected chi connectivity index (χ2v) is 4.82. The number of benzene rings is 2. The van der Waals surface area contributed by atoms with Gasteiger partial charge in [0.15, 0.2) is 0 Å². The zero-order valence-electron chi connectivity index (χ0n) is 10.5. The smallest absolute Gasteiger partial charge is 0.259 e. The zero-order chi connectivity index (χ0) is 13.8. The number of para-hydroxylation sites is 1. The summed E-state index contributed by atoms with van der Waals surface area (Å²) in [6.07, 6.45) is 0. The Kier molecular flexibility index (Phi) is 4.22. The zero-order valence-corrected chi connectivity index (χ0v) is 12.1. The third-order valence-electron chi connectivity index (χ3n) is 2.82. The lowest BCUT2D eigenvalue weighted by Gasteiger charge is -2.09. The van der Waals surface area contributed by atoms with Gasteiger partial charge in [-0.1, -0.05) is 40.2 Å². The molecule has 0 radical (unpaired) electrons. The number of nitrogens with one attached hydrogen (secondary N) is 1. The number of alkyl halides is 1. The number of halogens is 1. The van der Waals surface area contributed by atoms with Crippen molar-refractivity contribution in [1.29, 1.82) is 0 Å². The van der Waals surface area contributed by atoms with E-state index in [1.54, 1.807) is 25.1 Å². The van der Waals surface area contributed by atoms with Gasteiger partial charge in [-0.15, -0.1) is 0 Å². The number of rotatable bonds is 3. The SMILES string of the molecule is Cc1cccc(C(=O)Nc2cccc(CBr)c2)c1O. The van der Waals surface area contributed by atoms with E-state index >= 15 is 0 Å². The lowest BCUT2D eigenvalue weighted by molar-refractivity contribution is 0.102. The molecule has 0 aliphatic heterocycles. The summed E-state index contributed by atoms with van der Waals surface area (Å²) in [6.45, 7) is 1.76. The molecule has 0 heterocycles. The fourth-order valence-electron chi connectivity index (χ4n) is 1.77. The van der Waals surface area contributed by atoms with Crippen LogP contribution in [0.1, 0.15) is 21.5 Å². The lowest BCUT2D eigenvalue weighted by Crippen LogP contribution is -2.12. The van der Waals surface area contributed by atoms with Gasteiger partial charge in [-0.2, -0.15) is 0 Å². The summed E-state index contributed by atoms with van der Waals surface area (Å²) in [5.41, 5.74) is 2.75. The molecule has 0 bridgehead atoms. The normalized spacial score (nSPS) is 10.2. The van der Waals surface area contributed by atoms with Crippen LogP contribution in [0.4, 0.5) is 5.69 Å². The van der Waals surface area contributed by atoms with Crippen LogP contribution >= 0.6 is 15.9 Å². The largest absolute Gasteiger partial charge is 0.507 e. The number of carbonyl (C=O) groups is 1. The summed E-state index contributed by atoms with van der Waals surface area (Å²) in [5, 5.41) is 13.4. The summed E-state index contributed by atoms with van der Waals surface area (Å²) < 4.78 is 0. The van der Waals surface area contributed by atoms with Gasteiger partial charge in [-0.25, -0.2) is 0 Å². The number of aryl methyl sites for hydroxylation is 1. The highest BCUT2D eigenvalue weighted by Gasteiger charge is 2.12. The molecule has 3 nitrogen and oxygen atoms in total. The Morgan fingerprint density at radius 1 is 1.26 bits per heavy atom. The number of hydrogen-bond acceptors (Lipinski definition) is 2. The Hall–Kier alpha value is -1.81. The third-order valence-corrected chi connectivity index (χ3v) is 3.47. The molecule has 0 atom stereocenters. The molecule has 0 spiro atoms. The van der Waals surface area contributed by atoms with Crippen LogP contribution in [0.3, 0.4) is 0 Å². The Bertz CT molecular complexity index is 611. The highest BCUT2D eigenvalue weighted by atomic mass is 79.9. The maximum absolute atomic E-state index is 12.1. The molecular formula is C15H14BrNO2. The molecule has 98 valence electrons. The fraction of sp³-hybridized carbons (Fsp3) is 0.133. The van der Waals surface area contributed by atoms with Gasteiger partial charge >= 0.3 is 0 Å². The Balaban J connectivity index is 2.23. The van der Waals surface area contributed by atoms with Gasteiger partial charge in [0.1, 0.15) is 5.75 Å². The van der Waals surface area contributed by atoms with Crippen LogP contribution in [0, 0.1) is 6.92 Å². The van der Waals surface area contributed by atoms with Crippen LogP contribution in [0.15, 0.2) is 42.5 Å². The van der Waals surface area contributed by atoms with Crippen LogP contribution in [0.25, 0.3) is 0 Å². The Morgan fingerprint density at radius 3 is 2.74 bits per heavy atom. The predicted molar refractivity (Wildman–Crippen MR) is 79.9 cm³/mol. The third kappa shape index (κ3) is 3.15. The van der Waals surface area contributed by atoms with E-state index in [0.29, 0.717) is 11.3 Å². The van der Waals surface area contributed by atoms with Crippen molar-refractivity contribution < 1.29 is 9.90 Å². The number of anilines is 1.